The average molecular weight is 543 g/mol. The van der Waals surface area contributed by atoms with Crippen molar-refractivity contribution >= 4 is 50.7 Å². The molecule has 0 aliphatic heterocycles. The molecular formula is C25H33Cl2N3O4S. The van der Waals surface area contributed by atoms with Crippen LogP contribution in [-0.2, 0) is 26.2 Å². The number of amides is 2. The van der Waals surface area contributed by atoms with E-state index in [4.69, 9.17) is 23.2 Å². The van der Waals surface area contributed by atoms with Crippen molar-refractivity contribution in [2.75, 3.05) is 17.1 Å². The summed E-state index contributed by atoms with van der Waals surface area (Å²) >= 11 is 12.4. The molecule has 0 saturated heterocycles. The second-order valence-electron chi connectivity index (χ2n) is 8.59. The lowest BCUT2D eigenvalue weighted by molar-refractivity contribution is -0.140. The zero-order valence-corrected chi connectivity index (χ0v) is 23.0. The second kappa shape index (κ2) is 12.6. The van der Waals surface area contributed by atoms with Crippen LogP contribution >= 0.6 is 23.2 Å². The largest absolute Gasteiger partial charge is 0.352 e. The SMILES string of the molecule is CC[C@H](C)NC(=O)[C@H](CC)N(Cc1ccc(C)cc1)C(=O)CN(c1cccc(Cl)c1Cl)S(C)(=O)=O. The third kappa shape index (κ3) is 7.85. The van der Waals surface area contributed by atoms with E-state index in [2.05, 4.69) is 5.32 Å². The molecule has 2 atom stereocenters. The van der Waals surface area contributed by atoms with Gasteiger partial charge in [0.25, 0.3) is 0 Å². The minimum absolute atomic E-state index is 0.0269. The summed E-state index contributed by atoms with van der Waals surface area (Å²) in [5.41, 5.74) is 1.99. The van der Waals surface area contributed by atoms with Gasteiger partial charge in [0.1, 0.15) is 12.6 Å². The Kier molecular flexibility index (Phi) is 10.4. The third-order valence-corrected chi connectivity index (χ3v) is 7.67. The van der Waals surface area contributed by atoms with Crippen LogP contribution in [0.3, 0.4) is 0 Å². The van der Waals surface area contributed by atoms with Gasteiger partial charge in [-0.25, -0.2) is 8.42 Å². The molecule has 2 amide bonds. The second-order valence-corrected chi connectivity index (χ2v) is 11.3. The first kappa shape index (κ1) is 28.9. The molecule has 1 N–H and O–H groups in total. The number of rotatable bonds is 11. The molecule has 0 aromatic heterocycles. The van der Waals surface area contributed by atoms with E-state index in [0.717, 1.165) is 28.1 Å². The van der Waals surface area contributed by atoms with Gasteiger partial charge in [0.05, 0.1) is 22.0 Å². The van der Waals surface area contributed by atoms with Gasteiger partial charge < -0.3 is 10.2 Å². The Morgan fingerprint density at radius 3 is 2.20 bits per heavy atom. The number of anilines is 1. The minimum Gasteiger partial charge on any atom is -0.352 e. The van der Waals surface area contributed by atoms with Gasteiger partial charge in [0, 0.05) is 12.6 Å². The van der Waals surface area contributed by atoms with E-state index in [9.17, 15) is 18.0 Å². The highest BCUT2D eigenvalue weighted by Gasteiger charge is 2.32. The summed E-state index contributed by atoms with van der Waals surface area (Å²) in [6.45, 7) is 7.24. The molecule has 0 heterocycles. The van der Waals surface area contributed by atoms with Crippen molar-refractivity contribution < 1.29 is 18.0 Å². The highest BCUT2D eigenvalue weighted by atomic mass is 35.5. The number of nitrogens with one attached hydrogen (secondary N) is 1. The Bertz CT molecular complexity index is 1140. The maximum absolute atomic E-state index is 13.7. The van der Waals surface area contributed by atoms with Gasteiger partial charge in [-0.1, -0.05) is 72.9 Å². The van der Waals surface area contributed by atoms with Crippen molar-refractivity contribution in [3.63, 3.8) is 0 Å². The number of hydrogen-bond acceptors (Lipinski definition) is 4. The molecule has 0 aliphatic carbocycles. The number of aryl methyl sites for hydroxylation is 1. The van der Waals surface area contributed by atoms with Gasteiger partial charge >= 0.3 is 0 Å². The van der Waals surface area contributed by atoms with E-state index in [0.29, 0.717) is 6.42 Å². The predicted octanol–water partition coefficient (Wildman–Crippen LogP) is 4.79. The van der Waals surface area contributed by atoms with Crippen molar-refractivity contribution in [1.82, 2.24) is 10.2 Å². The van der Waals surface area contributed by atoms with Crippen molar-refractivity contribution in [3.05, 3.63) is 63.6 Å². The normalized spacial score (nSPS) is 13.1. The van der Waals surface area contributed by atoms with E-state index < -0.39 is 28.5 Å². The Morgan fingerprint density at radius 2 is 1.66 bits per heavy atom. The molecule has 192 valence electrons. The maximum Gasteiger partial charge on any atom is 0.244 e. The fourth-order valence-corrected chi connectivity index (χ4v) is 4.83. The highest BCUT2D eigenvalue weighted by Crippen LogP contribution is 2.33. The molecule has 2 aromatic carbocycles. The number of carbonyl (C=O) groups is 2. The third-order valence-electron chi connectivity index (χ3n) is 5.74. The van der Waals surface area contributed by atoms with Gasteiger partial charge in [0.15, 0.2) is 0 Å². The maximum atomic E-state index is 13.7. The first-order valence-electron chi connectivity index (χ1n) is 11.5. The van der Waals surface area contributed by atoms with Crippen LogP contribution in [0.25, 0.3) is 0 Å². The lowest BCUT2D eigenvalue weighted by Gasteiger charge is -2.33. The summed E-state index contributed by atoms with van der Waals surface area (Å²) in [4.78, 5) is 28.2. The van der Waals surface area contributed by atoms with Crippen molar-refractivity contribution in [2.24, 2.45) is 0 Å². The van der Waals surface area contributed by atoms with Crippen LogP contribution < -0.4 is 9.62 Å². The molecule has 0 spiro atoms. The fourth-order valence-electron chi connectivity index (χ4n) is 3.53. The van der Waals surface area contributed by atoms with E-state index in [1.54, 1.807) is 6.07 Å². The van der Waals surface area contributed by atoms with Crippen LogP contribution in [0.2, 0.25) is 10.0 Å². The van der Waals surface area contributed by atoms with Crippen LogP contribution in [-0.4, -0.2) is 50.0 Å². The molecule has 0 bridgehead atoms. The smallest absolute Gasteiger partial charge is 0.244 e. The Balaban J connectivity index is 2.47. The molecule has 0 unspecified atom stereocenters. The molecule has 0 aliphatic rings. The number of halogens is 2. The van der Waals surface area contributed by atoms with Crippen LogP contribution in [0.4, 0.5) is 5.69 Å². The summed E-state index contributed by atoms with van der Waals surface area (Å²) in [6, 6.07) is 11.4. The Hall–Kier alpha value is -2.29. The molecule has 2 rings (SSSR count). The van der Waals surface area contributed by atoms with E-state index in [-0.39, 0.29) is 34.2 Å². The molecule has 0 fully saturated rings. The molecule has 2 aromatic rings. The summed E-state index contributed by atoms with van der Waals surface area (Å²) < 4.78 is 26.3. The van der Waals surface area contributed by atoms with Gasteiger partial charge in [-0.3, -0.25) is 13.9 Å². The summed E-state index contributed by atoms with van der Waals surface area (Å²) in [5.74, 6) is -0.813. The van der Waals surface area contributed by atoms with Gasteiger partial charge in [-0.2, -0.15) is 0 Å². The molecule has 0 radical (unpaired) electrons. The van der Waals surface area contributed by atoms with Gasteiger partial charge in [0.2, 0.25) is 21.8 Å². The van der Waals surface area contributed by atoms with E-state index >= 15 is 0 Å². The number of benzene rings is 2. The number of carbonyl (C=O) groups excluding carboxylic acids is 2. The standard InChI is InChI=1S/C25H33Cl2N3O4S/c1-6-18(4)28-25(32)21(7-2)29(15-19-13-11-17(3)12-14-19)23(31)16-30(35(5,33)34)22-10-8-9-20(26)24(22)27/h8-14,18,21H,6-7,15-16H2,1-5H3,(H,28,32)/t18-,21-/m0/s1. The first-order chi connectivity index (χ1) is 16.4. The monoisotopic (exact) mass is 541 g/mol. The first-order valence-corrected chi connectivity index (χ1v) is 14.1. The van der Waals surface area contributed by atoms with Gasteiger partial charge in [-0.05, 0) is 44.4 Å². The van der Waals surface area contributed by atoms with Crippen LogP contribution in [0.5, 0.6) is 0 Å². The molecular weight excluding hydrogens is 509 g/mol. The summed E-state index contributed by atoms with van der Waals surface area (Å²) in [6.07, 6.45) is 2.09. The molecule has 0 saturated carbocycles. The molecule has 10 heteroatoms. The van der Waals surface area contributed by atoms with E-state index in [1.807, 2.05) is 52.0 Å². The highest BCUT2D eigenvalue weighted by molar-refractivity contribution is 7.92. The molecule has 35 heavy (non-hydrogen) atoms. The fraction of sp³-hybridized carbons (Fsp3) is 0.440. The van der Waals surface area contributed by atoms with E-state index in [1.165, 1.54) is 17.0 Å². The predicted molar refractivity (Wildman–Crippen MR) is 142 cm³/mol. The van der Waals surface area contributed by atoms with Crippen molar-refractivity contribution in [1.29, 1.82) is 0 Å². The lowest BCUT2D eigenvalue weighted by Crippen LogP contribution is -2.53. The quantitative estimate of drug-likeness (QED) is 0.443. The lowest BCUT2D eigenvalue weighted by atomic mass is 10.1. The Labute approximate surface area is 218 Å². The Morgan fingerprint density at radius 1 is 1.03 bits per heavy atom. The zero-order chi connectivity index (χ0) is 26.3. The van der Waals surface area contributed by atoms with Crippen LogP contribution in [0, 0.1) is 6.92 Å². The van der Waals surface area contributed by atoms with Crippen molar-refractivity contribution in [2.45, 2.75) is 59.2 Å². The van der Waals surface area contributed by atoms with Crippen LogP contribution in [0.15, 0.2) is 42.5 Å². The topological polar surface area (TPSA) is 86.8 Å². The number of sulfonamides is 1. The number of hydrogen-bond donors (Lipinski definition) is 1. The summed E-state index contributed by atoms with van der Waals surface area (Å²) in [7, 11) is -3.90. The van der Waals surface area contributed by atoms with Gasteiger partial charge in [-0.15, -0.1) is 0 Å². The van der Waals surface area contributed by atoms with Crippen molar-refractivity contribution in [3.8, 4) is 0 Å². The number of nitrogens with zero attached hydrogens (tertiary/aromatic N) is 2. The summed E-state index contributed by atoms with van der Waals surface area (Å²) in [5, 5.41) is 3.13. The zero-order valence-electron chi connectivity index (χ0n) is 20.7. The van der Waals surface area contributed by atoms with Crippen LogP contribution in [0.1, 0.15) is 44.7 Å². The molecule has 7 nitrogen and oxygen atoms in total. The minimum atomic E-state index is -3.90. The average Bonchev–Trinajstić information content (AvgIpc) is 2.79.